The molecule has 0 amide bonds. The minimum atomic E-state index is 0.120. The quantitative estimate of drug-likeness (QED) is 0.790. The van der Waals surface area contributed by atoms with Crippen molar-refractivity contribution in [1.29, 1.82) is 0 Å². The Labute approximate surface area is 98.2 Å². The molecule has 0 aromatic heterocycles. The van der Waals surface area contributed by atoms with E-state index in [1.165, 1.54) is 11.1 Å². The predicted molar refractivity (Wildman–Crippen MR) is 67.4 cm³/mol. The van der Waals surface area contributed by atoms with Crippen molar-refractivity contribution in [3.63, 3.8) is 0 Å². The average molecular weight is 222 g/mol. The SMILES string of the molecule is COC(CN)CN(C)Cc1cccc(C)c1. The van der Waals surface area contributed by atoms with Gasteiger partial charge >= 0.3 is 0 Å². The third-order valence-electron chi connectivity index (χ3n) is 2.65. The fourth-order valence-corrected chi connectivity index (χ4v) is 1.78. The molecule has 0 radical (unpaired) electrons. The molecular weight excluding hydrogens is 200 g/mol. The zero-order valence-corrected chi connectivity index (χ0v) is 10.4. The van der Waals surface area contributed by atoms with Crippen molar-refractivity contribution in [2.75, 3.05) is 27.2 Å². The number of benzene rings is 1. The topological polar surface area (TPSA) is 38.5 Å². The van der Waals surface area contributed by atoms with Crippen LogP contribution in [0.3, 0.4) is 0 Å². The van der Waals surface area contributed by atoms with Crippen LogP contribution in [-0.4, -0.2) is 38.3 Å². The maximum Gasteiger partial charge on any atom is 0.0820 e. The molecule has 0 saturated heterocycles. The molecule has 0 aliphatic rings. The maximum absolute atomic E-state index is 5.60. The van der Waals surface area contributed by atoms with Crippen molar-refractivity contribution in [1.82, 2.24) is 4.90 Å². The molecular formula is C13H22N2O. The number of hydrogen-bond acceptors (Lipinski definition) is 3. The van der Waals surface area contributed by atoms with Crippen LogP contribution in [0.25, 0.3) is 0 Å². The first-order valence-corrected chi connectivity index (χ1v) is 5.62. The van der Waals surface area contributed by atoms with Gasteiger partial charge in [0.05, 0.1) is 6.10 Å². The van der Waals surface area contributed by atoms with Gasteiger partial charge in [-0.05, 0) is 19.5 Å². The van der Waals surface area contributed by atoms with Gasteiger partial charge in [0.15, 0.2) is 0 Å². The lowest BCUT2D eigenvalue weighted by atomic mass is 10.1. The summed E-state index contributed by atoms with van der Waals surface area (Å²) in [6, 6.07) is 8.56. The summed E-state index contributed by atoms with van der Waals surface area (Å²) in [5.41, 5.74) is 8.22. The minimum absolute atomic E-state index is 0.120. The lowest BCUT2D eigenvalue weighted by Gasteiger charge is -2.22. The summed E-state index contributed by atoms with van der Waals surface area (Å²) in [6.45, 7) is 4.47. The third-order valence-corrected chi connectivity index (χ3v) is 2.65. The molecule has 1 unspecified atom stereocenters. The minimum Gasteiger partial charge on any atom is -0.379 e. The molecule has 90 valence electrons. The van der Waals surface area contributed by atoms with Crippen LogP contribution in [0.5, 0.6) is 0 Å². The molecule has 3 nitrogen and oxygen atoms in total. The first-order valence-electron chi connectivity index (χ1n) is 5.62. The zero-order valence-electron chi connectivity index (χ0n) is 10.4. The van der Waals surface area contributed by atoms with Gasteiger partial charge in [0.2, 0.25) is 0 Å². The van der Waals surface area contributed by atoms with Crippen LogP contribution < -0.4 is 5.73 Å². The molecule has 0 aliphatic heterocycles. The number of aryl methyl sites for hydroxylation is 1. The molecule has 3 heteroatoms. The Kier molecular flexibility index (Phi) is 5.46. The van der Waals surface area contributed by atoms with Gasteiger partial charge in [-0.1, -0.05) is 29.8 Å². The summed E-state index contributed by atoms with van der Waals surface area (Å²) in [5.74, 6) is 0. The van der Waals surface area contributed by atoms with Crippen LogP contribution in [-0.2, 0) is 11.3 Å². The van der Waals surface area contributed by atoms with Gasteiger partial charge in [0, 0.05) is 26.7 Å². The molecule has 1 aromatic carbocycles. The summed E-state index contributed by atoms with van der Waals surface area (Å²) >= 11 is 0. The van der Waals surface area contributed by atoms with E-state index < -0.39 is 0 Å². The van der Waals surface area contributed by atoms with Crippen molar-refractivity contribution in [2.45, 2.75) is 19.6 Å². The van der Waals surface area contributed by atoms with Gasteiger partial charge in [0.1, 0.15) is 0 Å². The number of ether oxygens (including phenoxy) is 1. The van der Waals surface area contributed by atoms with Gasteiger partial charge in [-0.15, -0.1) is 0 Å². The maximum atomic E-state index is 5.60. The van der Waals surface area contributed by atoms with E-state index in [1.807, 2.05) is 0 Å². The number of nitrogens with two attached hydrogens (primary N) is 1. The Morgan fingerprint density at radius 2 is 2.19 bits per heavy atom. The van der Waals surface area contributed by atoms with E-state index in [0.717, 1.165) is 13.1 Å². The third kappa shape index (κ3) is 4.31. The first-order chi connectivity index (χ1) is 7.65. The number of rotatable bonds is 6. The van der Waals surface area contributed by atoms with Gasteiger partial charge in [0.25, 0.3) is 0 Å². The lowest BCUT2D eigenvalue weighted by Crippen LogP contribution is -2.35. The summed E-state index contributed by atoms with van der Waals surface area (Å²) in [5, 5.41) is 0. The number of likely N-dealkylation sites (N-methyl/N-ethyl adjacent to an activating group) is 1. The van der Waals surface area contributed by atoms with E-state index in [0.29, 0.717) is 6.54 Å². The second kappa shape index (κ2) is 6.63. The summed E-state index contributed by atoms with van der Waals surface area (Å²) in [4.78, 5) is 2.23. The molecule has 2 N–H and O–H groups in total. The summed E-state index contributed by atoms with van der Waals surface area (Å²) in [6.07, 6.45) is 0.120. The first kappa shape index (κ1) is 13.2. The molecule has 1 atom stereocenters. The van der Waals surface area contributed by atoms with Crippen LogP contribution in [0.2, 0.25) is 0 Å². The Bertz CT molecular complexity index is 311. The molecule has 0 bridgehead atoms. The Balaban J connectivity index is 2.47. The molecule has 0 heterocycles. The van der Waals surface area contributed by atoms with Crippen LogP contribution >= 0.6 is 0 Å². The molecule has 1 aromatic rings. The lowest BCUT2D eigenvalue weighted by molar-refractivity contribution is 0.0761. The highest BCUT2D eigenvalue weighted by molar-refractivity contribution is 5.21. The van der Waals surface area contributed by atoms with E-state index in [1.54, 1.807) is 7.11 Å². The molecule has 16 heavy (non-hydrogen) atoms. The molecule has 0 aliphatic carbocycles. The Morgan fingerprint density at radius 1 is 1.44 bits per heavy atom. The van der Waals surface area contributed by atoms with E-state index >= 15 is 0 Å². The average Bonchev–Trinajstić information content (AvgIpc) is 2.26. The molecule has 0 fully saturated rings. The summed E-state index contributed by atoms with van der Waals surface area (Å²) < 4.78 is 5.26. The number of nitrogens with zero attached hydrogens (tertiary/aromatic N) is 1. The van der Waals surface area contributed by atoms with Crippen molar-refractivity contribution >= 4 is 0 Å². The van der Waals surface area contributed by atoms with Gasteiger partial charge in [-0.2, -0.15) is 0 Å². The monoisotopic (exact) mass is 222 g/mol. The van der Waals surface area contributed by atoms with Crippen molar-refractivity contribution in [3.05, 3.63) is 35.4 Å². The fourth-order valence-electron chi connectivity index (χ4n) is 1.78. The second-order valence-electron chi connectivity index (χ2n) is 4.28. The summed E-state index contributed by atoms with van der Waals surface area (Å²) in [7, 11) is 3.79. The fraction of sp³-hybridized carbons (Fsp3) is 0.538. The van der Waals surface area contributed by atoms with Crippen molar-refractivity contribution in [3.8, 4) is 0 Å². The normalized spacial score (nSPS) is 13.1. The van der Waals surface area contributed by atoms with Crippen LogP contribution in [0.4, 0.5) is 0 Å². The predicted octanol–water partition coefficient (Wildman–Crippen LogP) is 1.40. The molecule has 1 rings (SSSR count). The van der Waals surface area contributed by atoms with Crippen LogP contribution in [0, 0.1) is 6.92 Å². The standard InChI is InChI=1S/C13H22N2O/c1-11-5-4-6-12(7-11)9-15(2)10-13(8-14)16-3/h4-7,13H,8-10,14H2,1-3H3. The van der Waals surface area contributed by atoms with E-state index in [2.05, 4.69) is 43.1 Å². The highest BCUT2D eigenvalue weighted by Crippen LogP contribution is 2.07. The molecule has 0 spiro atoms. The van der Waals surface area contributed by atoms with Crippen molar-refractivity contribution in [2.24, 2.45) is 5.73 Å². The van der Waals surface area contributed by atoms with E-state index in [-0.39, 0.29) is 6.10 Å². The van der Waals surface area contributed by atoms with Crippen molar-refractivity contribution < 1.29 is 4.74 Å². The number of hydrogen-bond donors (Lipinski definition) is 1. The van der Waals surface area contributed by atoms with Gasteiger partial charge in [-0.3, -0.25) is 4.90 Å². The zero-order chi connectivity index (χ0) is 12.0. The second-order valence-corrected chi connectivity index (χ2v) is 4.28. The van der Waals surface area contributed by atoms with Crippen LogP contribution in [0.1, 0.15) is 11.1 Å². The highest BCUT2D eigenvalue weighted by Gasteiger charge is 2.08. The Hall–Kier alpha value is -0.900. The smallest absolute Gasteiger partial charge is 0.0820 e. The number of methoxy groups -OCH3 is 1. The van der Waals surface area contributed by atoms with Gasteiger partial charge in [-0.25, -0.2) is 0 Å². The molecule has 0 saturated carbocycles. The van der Waals surface area contributed by atoms with E-state index in [4.69, 9.17) is 10.5 Å². The highest BCUT2D eigenvalue weighted by atomic mass is 16.5. The van der Waals surface area contributed by atoms with E-state index in [9.17, 15) is 0 Å². The van der Waals surface area contributed by atoms with Crippen LogP contribution in [0.15, 0.2) is 24.3 Å². The Morgan fingerprint density at radius 3 is 2.75 bits per heavy atom. The van der Waals surface area contributed by atoms with Gasteiger partial charge < -0.3 is 10.5 Å². The largest absolute Gasteiger partial charge is 0.379 e.